The third-order valence-electron chi connectivity index (χ3n) is 1.75. The molecule has 0 spiro atoms. The highest BCUT2D eigenvalue weighted by molar-refractivity contribution is 7.89. The zero-order valence-corrected chi connectivity index (χ0v) is 12.4. The molecule has 19 heavy (non-hydrogen) atoms. The van der Waals surface area contributed by atoms with Crippen LogP contribution in [-0.4, -0.2) is 46.0 Å². The van der Waals surface area contributed by atoms with Gasteiger partial charge in [-0.2, -0.15) is 16.8 Å². The lowest BCUT2D eigenvalue weighted by molar-refractivity contribution is 0.0132. The fourth-order valence-electron chi connectivity index (χ4n) is 1.31. The average molecular weight is 314 g/mol. The van der Waals surface area contributed by atoms with Gasteiger partial charge in [0, 0.05) is 0 Å². The van der Waals surface area contributed by atoms with Crippen LogP contribution in [0.2, 0.25) is 0 Å². The van der Waals surface area contributed by atoms with Crippen molar-refractivity contribution in [3.63, 3.8) is 0 Å². The van der Waals surface area contributed by atoms with Crippen LogP contribution < -0.4 is 0 Å². The van der Waals surface area contributed by atoms with Gasteiger partial charge in [-0.05, 0) is 13.8 Å². The Hall–Kier alpha value is -0.740. The molecule has 0 saturated heterocycles. The molecule has 1 N–H and O–H groups in total. The van der Waals surface area contributed by atoms with Gasteiger partial charge in [0.25, 0.3) is 20.2 Å². The monoisotopic (exact) mass is 314 g/mol. The Labute approximate surface area is 113 Å². The Balaban J connectivity index is 5.10. The second-order valence-electron chi connectivity index (χ2n) is 4.03. The number of ether oxygens (including phenoxy) is 1. The minimum Gasteiger partial charge on any atom is -0.374 e. The minimum atomic E-state index is -4.43. The van der Waals surface area contributed by atoms with Crippen molar-refractivity contribution in [2.75, 3.05) is 19.0 Å². The molecule has 0 radical (unpaired) electrons. The fourth-order valence-corrected chi connectivity index (χ4v) is 3.35. The topological polar surface area (TPSA) is 107 Å². The maximum absolute atomic E-state index is 11.5. The summed E-state index contributed by atoms with van der Waals surface area (Å²) in [5.74, 6) is -0.909. The molecule has 0 aromatic rings. The molecule has 112 valence electrons. The van der Waals surface area contributed by atoms with Crippen molar-refractivity contribution in [1.29, 1.82) is 0 Å². The quantitative estimate of drug-likeness (QED) is 0.289. The van der Waals surface area contributed by atoms with E-state index >= 15 is 0 Å². The number of rotatable bonds is 9. The number of hydrogen-bond donors (Lipinski definition) is 1. The molecule has 1 unspecified atom stereocenters. The Kier molecular flexibility index (Phi) is 6.87. The van der Waals surface area contributed by atoms with Crippen LogP contribution in [0.1, 0.15) is 13.8 Å². The Morgan fingerprint density at radius 3 is 2.32 bits per heavy atom. The van der Waals surface area contributed by atoms with Crippen LogP contribution in [0.25, 0.3) is 0 Å². The highest BCUT2D eigenvalue weighted by Gasteiger charge is 2.35. The summed E-state index contributed by atoms with van der Waals surface area (Å²) in [7, 11) is -8.49. The molecular formula is C10H18O7S2. The van der Waals surface area contributed by atoms with E-state index in [0.717, 1.165) is 5.41 Å². The number of allylic oxidation sites excluding steroid dienone is 1. The standard InChI is InChI=1S/C10H18O7S2/c1-4-6-16-8-10(3,9-18(11,12)13)17-19(14,15)7-5-2/h4-5,7H,1,6,8-9H2,2-3H3,(H,11,12,13). The molecule has 0 aliphatic rings. The van der Waals surface area contributed by atoms with Crippen molar-refractivity contribution in [1.82, 2.24) is 0 Å². The van der Waals surface area contributed by atoms with Gasteiger partial charge in [-0.1, -0.05) is 12.2 Å². The van der Waals surface area contributed by atoms with Gasteiger partial charge in [0.15, 0.2) is 0 Å². The molecule has 7 nitrogen and oxygen atoms in total. The lowest BCUT2D eigenvalue weighted by Gasteiger charge is -2.26. The second-order valence-corrected chi connectivity index (χ2v) is 6.90. The first-order chi connectivity index (χ1) is 8.54. The zero-order chi connectivity index (χ0) is 15.2. The van der Waals surface area contributed by atoms with Crippen molar-refractivity contribution >= 4 is 20.2 Å². The molecule has 0 aliphatic heterocycles. The molecule has 9 heteroatoms. The van der Waals surface area contributed by atoms with E-state index in [4.69, 9.17) is 13.5 Å². The number of hydrogen-bond acceptors (Lipinski definition) is 6. The molecule has 0 aromatic carbocycles. The molecule has 0 fully saturated rings. The molecule has 0 aromatic heterocycles. The molecule has 0 amide bonds. The van der Waals surface area contributed by atoms with Crippen LogP contribution in [0.4, 0.5) is 0 Å². The normalized spacial score (nSPS) is 16.4. The van der Waals surface area contributed by atoms with Gasteiger partial charge >= 0.3 is 0 Å². The first kappa shape index (κ1) is 18.3. The predicted octanol–water partition coefficient (Wildman–Crippen LogP) is 0.716. The highest BCUT2D eigenvalue weighted by Crippen LogP contribution is 2.18. The zero-order valence-electron chi connectivity index (χ0n) is 10.8. The summed E-state index contributed by atoms with van der Waals surface area (Å²) in [4.78, 5) is 0. The van der Waals surface area contributed by atoms with Gasteiger partial charge in [-0.15, -0.1) is 6.58 Å². The Bertz CT molecular complexity index is 518. The molecule has 0 saturated carbocycles. The lowest BCUT2D eigenvalue weighted by Crippen LogP contribution is -2.43. The molecular weight excluding hydrogens is 296 g/mol. The van der Waals surface area contributed by atoms with Crippen molar-refractivity contribution in [2.45, 2.75) is 19.4 Å². The fraction of sp³-hybridized carbons (Fsp3) is 0.600. The van der Waals surface area contributed by atoms with Crippen molar-refractivity contribution in [3.05, 3.63) is 24.1 Å². The summed E-state index contributed by atoms with van der Waals surface area (Å²) in [6.07, 6.45) is 2.64. The summed E-state index contributed by atoms with van der Waals surface area (Å²) in [5, 5.41) is 0.781. The summed E-state index contributed by atoms with van der Waals surface area (Å²) >= 11 is 0. The first-order valence-corrected chi connectivity index (χ1v) is 8.34. The SMILES string of the molecule is C=CCOCC(C)(CS(=O)(=O)O)OS(=O)(=O)C=CC. The molecule has 0 rings (SSSR count). The van der Waals surface area contributed by atoms with E-state index < -0.39 is 31.6 Å². The van der Waals surface area contributed by atoms with Crippen molar-refractivity contribution in [2.24, 2.45) is 0 Å². The van der Waals surface area contributed by atoms with Crippen LogP contribution in [0.15, 0.2) is 24.1 Å². The highest BCUT2D eigenvalue weighted by atomic mass is 32.2. The summed E-state index contributed by atoms with van der Waals surface area (Å²) in [6, 6.07) is 0. The van der Waals surface area contributed by atoms with Gasteiger partial charge < -0.3 is 4.74 Å². The Morgan fingerprint density at radius 2 is 1.89 bits per heavy atom. The molecule has 0 heterocycles. The van der Waals surface area contributed by atoms with Crippen LogP contribution >= 0.6 is 0 Å². The molecule has 0 bridgehead atoms. The van der Waals surface area contributed by atoms with Crippen LogP contribution in [-0.2, 0) is 29.2 Å². The molecule has 0 aliphatic carbocycles. The van der Waals surface area contributed by atoms with Gasteiger partial charge in [0.05, 0.1) is 18.6 Å². The van der Waals surface area contributed by atoms with E-state index in [2.05, 4.69) is 6.58 Å². The average Bonchev–Trinajstić information content (AvgIpc) is 2.12. The Morgan fingerprint density at radius 1 is 1.32 bits per heavy atom. The van der Waals surface area contributed by atoms with Crippen LogP contribution in [0.5, 0.6) is 0 Å². The third-order valence-corrected chi connectivity index (χ3v) is 3.97. The summed E-state index contributed by atoms with van der Waals surface area (Å²) < 4.78 is 63.5. The largest absolute Gasteiger partial charge is 0.374 e. The maximum atomic E-state index is 11.5. The summed E-state index contributed by atoms with van der Waals surface area (Å²) in [6.45, 7) is 5.83. The van der Waals surface area contributed by atoms with Crippen molar-refractivity contribution < 1.29 is 30.3 Å². The van der Waals surface area contributed by atoms with Gasteiger partial charge in [0.2, 0.25) is 0 Å². The van der Waals surface area contributed by atoms with Crippen LogP contribution in [0, 0.1) is 0 Å². The minimum absolute atomic E-state index is 0.0914. The van der Waals surface area contributed by atoms with E-state index in [1.807, 2.05) is 0 Å². The van der Waals surface area contributed by atoms with E-state index in [1.54, 1.807) is 0 Å². The predicted molar refractivity (Wildman–Crippen MR) is 70.7 cm³/mol. The lowest BCUT2D eigenvalue weighted by atomic mass is 10.2. The smallest absolute Gasteiger partial charge is 0.290 e. The van der Waals surface area contributed by atoms with Gasteiger partial charge in [0.1, 0.15) is 11.4 Å². The van der Waals surface area contributed by atoms with Crippen molar-refractivity contribution in [3.8, 4) is 0 Å². The van der Waals surface area contributed by atoms with Crippen LogP contribution in [0.3, 0.4) is 0 Å². The van der Waals surface area contributed by atoms with E-state index in [9.17, 15) is 16.8 Å². The summed E-state index contributed by atoms with van der Waals surface area (Å²) in [5.41, 5.74) is -1.73. The van der Waals surface area contributed by atoms with E-state index in [1.165, 1.54) is 26.0 Å². The molecule has 1 atom stereocenters. The maximum Gasteiger partial charge on any atom is 0.290 e. The second kappa shape index (κ2) is 7.15. The van der Waals surface area contributed by atoms with E-state index in [-0.39, 0.29) is 13.2 Å². The first-order valence-electron chi connectivity index (χ1n) is 5.26. The third kappa shape index (κ3) is 8.89. The van der Waals surface area contributed by atoms with Gasteiger partial charge in [-0.3, -0.25) is 8.74 Å². The van der Waals surface area contributed by atoms with Gasteiger partial charge in [-0.25, -0.2) is 0 Å². The van der Waals surface area contributed by atoms with E-state index in [0.29, 0.717) is 0 Å².